The third-order valence-corrected chi connectivity index (χ3v) is 3.12. The fourth-order valence-electron chi connectivity index (χ4n) is 2.16. The molecule has 0 amide bonds. The van der Waals surface area contributed by atoms with E-state index in [1.165, 1.54) is 11.1 Å². The average Bonchev–Trinajstić information content (AvgIpc) is 2.82. The zero-order valence-corrected chi connectivity index (χ0v) is 10.6. The van der Waals surface area contributed by atoms with Gasteiger partial charge in [0.05, 0.1) is 12.3 Å². The Morgan fingerprint density at radius 2 is 1.76 bits per heavy atom. The predicted octanol–water partition coefficient (Wildman–Crippen LogP) is 4.00. The van der Waals surface area contributed by atoms with E-state index in [0.717, 1.165) is 5.76 Å². The lowest BCUT2D eigenvalue weighted by Crippen LogP contribution is -2.22. The summed E-state index contributed by atoms with van der Waals surface area (Å²) in [5, 5.41) is 3.55. The number of furan rings is 1. The van der Waals surface area contributed by atoms with Gasteiger partial charge in [0.1, 0.15) is 5.76 Å². The van der Waals surface area contributed by atoms with Gasteiger partial charge in [-0.15, -0.1) is 0 Å². The molecule has 90 valence electrons. The van der Waals surface area contributed by atoms with Crippen molar-refractivity contribution in [2.24, 2.45) is 0 Å². The zero-order valence-electron chi connectivity index (χ0n) is 10.6. The SMILES string of the molecule is Cc1ccccc1[C@@H](C)NC(C)c1ccco1. The number of benzene rings is 1. The van der Waals surface area contributed by atoms with E-state index in [9.17, 15) is 0 Å². The van der Waals surface area contributed by atoms with Crippen LogP contribution in [-0.2, 0) is 0 Å². The molecule has 0 fully saturated rings. The van der Waals surface area contributed by atoms with E-state index in [4.69, 9.17) is 4.42 Å². The maximum Gasteiger partial charge on any atom is 0.120 e. The van der Waals surface area contributed by atoms with E-state index in [-0.39, 0.29) is 6.04 Å². The van der Waals surface area contributed by atoms with Crippen LogP contribution in [0.15, 0.2) is 47.1 Å². The van der Waals surface area contributed by atoms with E-state index in [1.54, 1.807) is 6.26 Å². The van der Waals surface area contributed by atoms with Gasteiger partial charge in [-0.3, -0.25) is 0 Å². The van der Waals surface area contributed by atoms with Gasteiger partial charge in [-0.25, -0.2) is 0 Å². The first-order chi connectivity index (χ1) is 8.18. The lowest BCUT2D eigenvalue weighted by Gasteiger charge is -2.20. The molecule has 0 saturated carbocycles. The van der Waals surface area contributed by atoms with Gasteiger partial charge in [0.25, 0.3) is 0 Å². The second kappa shape index (κ2) is 5.19. The predicted molar refractivity (Wildman–Crippen MR) is 69.9 cm³/mol. The Bertz CT molecular complexity index is 462. The Morgan fingerprint density at radius 3 is 2.41 bits per heavy atom. The molecule has 2 rings (SSSR count). The van der Waals surface area contributed by atoms with Crippen molar-refractivity contribution >= 4 is 0 Å². The van der Waals surface area contributed by atoms with E-state index >= 15 is 0 Å². The minimum atomic E-state index is 0.222. The summed E-state index contributed by atoms with van der Waals surface area (Å²) in [5.41, 5.74) is 2.66. The second-order valence-corrected chi connectivity index (χ2v) is 4.48. The van der Waals surface area contributed by atoms with Gasteiger partial charge >= 0.3 is 0 Å². The molecule has 0 saturated heterocycles. The molecular weight excluding hydrogens is 210 g/mol. The van der Waals surface area contributed by atoms with Crippen LogP contribution in [0, 0.1) is 6.92 Å². The molecule has 1 heterocycles. The summed E-state index contributed by atoms with van der Waals surface area (Å²) in [6.45, 7) is 6.44. The minimum Gasteiger partial charge on any atom is -0.468 e. The van der Waals surface area contributed by atoms with Crippen LogP contribution in [0.1, 0.15) is 42.8 Å². The van der Waals surface area contributed by atoms with Crippen LogP contribution in [0.4, 0.5) is 0 Å². The Morgan fingerprint density at radius 1 is 1.00 bits per heavy atom. The highest BCUT2D eigenvalue weighted by molar-refractivity contribution is 5.28. The van der Waals surface area contributed by atoms with Crippen molar-refractivity contribution in [1.29, 1.82) is 0 Å². The van der Waals surface area contributed by atoms with Gasteiger partial charge in [-0.1, -0.05) is 24.3 Å². The van der Waals surface area contributed by atoms with Crippen molar-refractivity contribution in [2.75, 3.05) is 0 Å². The summed E-state index contributed by atoms with van der Waals surface area (Å²) >= 11 is 0. The molecule has 1 aromatic heterocycles. The van der Waals surface area contributed by atoms with Gasteiger partial charge in [0, 0.05) is 6.04 Å². The molecule has 0 aliphatic heterocycles. The van der Waals surface area contributed by atoms with E-state index in [0.29, 0.717) is 6.04 Å². The normalized spacial score (nSPS) is 14.5. The zero-order chi connectivity index (χ0) is 12.3. The summed E-state index contributed by atoms with van der Waals surface area (Å²) in [5.74, 6) is 0.977. The molecule has 1 N–H and O–H groups in total. The molecule has 0 aliphatic rings. The second-order valence-electron chi connectivity index (χ2n) is 4.48. The van der Waals surface area contributed by atoms with Crippen molar-refractivity contribution < 1.29 is 4.42 Å². The third-order valence-electron chi connectivity index (χ3n) is 3.12. The summed E-state index contributed by atoms with van der Waals surface area (Å²) < 4.78 is 5.40. The molecule has 0 radical (unpaired) electrons. The smallest absolute Gasteiger partial charge is 0.120 e. The number of aryl methyl sites for hydroxylation is 1. The Balaban J connectivity index is 2.07. The average molecular weight is 229 g/mol. The first-order valence-electron chi connectivity index (χ1n) is 6.03. The topological polar surface area (TPSA) is 25.2 Å². The fraction of sp³-hybridized carbons (Fsp3) is 0.333. The van der Waals surface area contributed by atoms with Crippen molar-refractivity contribution in [1.82, 2.24) is 5.32 Å². The molecule has 0 bridgehead atoms. The number of nitrogens with one attached hydrogen (secondary N) is 1. The van der Waals surface area contributed by atoms with Crippen LogP contribution >= 0.6 is 0 Å². The molecule has 2 nitrogen and oxygen atoms in total. The van der Waals surface area contributed by atoms with Gasteiger partial charge in [0.15, 0.2) is 0 Å². The maximum atomic E-state index is 5.40. The molecule has 2 aromatic rings. The molecule has 2 heteroatoms. The summed E-state index contributed by atoms with van der Waals surface area (Å²) in [4.78, 5) is 0. The first kappa shape index (κ1) is 11.9. The third kappa shape index (κ3) is 2.77. The molecule has 0 aliphatic carbocycles. The van der Waals surface area contributed by atoms with Crippen LogP contribution in [0.5, 0.6) is 0 Å². The molecule has 1 unspecified atom stereocenters. The van der Waals surface area contributed by atoms with Crippen LogP contribution < -0.4 is 5.32 Å². The quantitative estimate of drug-likeness (QED) is 0.857. The summed E-state index contributed by atoms with van der Waals surface area (Å²) in [6, 6.07) is 12.9. The molecule has 1 aromatic carbocycles. The van der Waals surface area contributed by atoms with Crippen LogP contribution in [0.3, 0.4) is 0 Å². The first-order valence-corrected chi connectivity index (χ1v) is 6.03. The number of hydrogen-bond donors (Lipinski definition) is 1. The van der Waals surface area contributed by atoms with Crippen molar-refractivity contribution in [2.45, 2.75) is 32.9 Å². The van der Waals surface area contributed by atoms with Crippen LogP contribution in [0.2, 0.25) is 0 Å². The van der Waals surface area contributed by atoms with Gasteiger partial charge in [-0.2, -0.15) is 0 Å². The van der Waals surface area contributed by atoms with Crippen molar-refractivity contribution in [3.8, 4) is 0 Å². The highest BCUT2D eigenvalue weighted by Gasteiger charge is 2.13. The van der Waals surface area contributed by atoms with Gasteiger partial charge in [-0.05, 0) is 44.0 Å². The van der Waals surface area contributed by atoms with E-state index in [1.807, 2.05) is 12.1 Å². The lowest BCUT2D eigenvalue weighted by molar-refractivity contribution is 0.402. The van der Waals surface area contributed by atoms with E-state index < -0.39 is 0 Å². The molecule has 0 spiro atoms. The lowest BCUT2D eigenvalue weighted by atomic mass is 10.0. The van der Waals surface area contributed by atoms with Crippen LogP contribution in [-0.4, -0.2) is 0 Å². The Hall–Kier alpha value is -1.54. The summed E-state index contributed by atoms with van der Waals surface area (Å²) in [7, 11) is 0. The Labute approximate surface area is 103 Å². The Kier molecular flexibility index (Phi) is 3.64. The fourth-order valence-corrected chi connectivity index (χ4v) is 2.16. The standard InChI is InChI=1S/C15H19NO/c1-11-7-4-5-8-14(11)12(2)16-13(3)15-9-6-10-17-15/h4-10,12-13,16H,1-3H3/t12-,13?/m1/s1. The highest BCUT2D eigenvalue weighted by atomic mass is 16.3. The van der Waals surface area contributed by atoms with Crippen LogP contribution in [0.25, 0.3) is 0 Å². The maximum absolute atomic E-state index is 5.40. The molecule has 17 heavy (non-hydrogen) atoms. The van der Waals surface area contributed by atoms with Crippen molar-refractivity contribution in [3.63, 3.8) is 0 Å². The monoisotopic (exact) mass is 229 g/mol. The molecular formula is C15H19NO. The van der Waals surface area contributed by atoms with E-state index in [2.05, 4.69) is 50.4 Å². The highest BCUT2D eigenvalue weighted by Crippen LogP contribution is 2.21. The number of rotatable bonds is 4. The number of hydrogen-bond acceptors (Lipinski definition) is 2. The summed E-state index contributed by atoms with van der Waals surface area (Å²) in [6.07, 6.45) is 1.71. The van der Waals surface area contributed by atoms with Gasteiger partial charge < -0.3 is 9.73 Å². The largest absolute Gasteiger partial charge is 0.468 e. The van der Waals surface area contributed by atoms with Crippen molar-refractivity contribution in [3.05, 3.63) is 59.5 Å². The van der Waals surface area contributed by atoms with Gasteiger partial charge in [0.2, 0.25) is 0 Å². The molecule has 2 atom stereocenters. The minimum absolute atomic E-state index is 0.222.